The third-order valence-corrected chi connectivity index (χ3v) is 3.32. The van der Waals surface area contributed by atoms with E-state index >= 15 is 0 Å². The predicted molar refractivity (Wildman–Crippen MR) is 54.9 cm³/mol. The third kappa shape index (κ3) is 1.14. The SMILES string of the molecule is Nc1cnc(N2C[C@H]3CC[C@@H]2C3)nc1. The van der Waals surface area contributed by atoms with Crippen molar-refractivity contribution in [1.82, 2.24) is 9.97 Å². The molecule has 4 nitrogen and oxygen atoms in total. The van der Waals surface area contributed by atoms with Gasteiger partial charge >= 0.3 is 0 Å². The first-order chi connectivity index (χ1) is 6.83. The molecule has 3 rings (SSSR count). The minimum Gasteiger partial charge on any atom is -0.396 e. The van der Waals surface area contributed by atoms with E-state index in [0.717, 1.165) is 18.4 Å². The zero-order valence-corrected chi connectivity index (χ0v) is 8.06. The van der Waals surface area contributed by atoms with Crippen molar-refractivity contribution in [1.29, 1.82) is 0 Å². The first-order valence-corrected chi connectivity index (χ1v) is 5.17. The van der Waals surface area contributed by atoms with Crippen LogP contribution in [0, 0.1) is 5.92 Å². The Kier molecular flexibility index (Phi) is 1.63. The molecule has 2 bridgehead atoms. The summed E-state index contributed by atoms with van der Waals surface area (Å²) in [5.41, 5.74) is 6.19. The highest BCUT2D eigenvalue weighted by Crippen LogP contribution is 2.38. The Labute approximate surface area is 83.1 Å². The van der Waals surface area contributed by atoms with E-state index in [1.165, 1.54) is 19.3 Å². The number of rotatable bonds is 1. The highest BCUT2D eigenvalue weighted by atomic mass is 15.3. The molecule has 1 saturated heterocycles. The smallest absolute Gasteiger partial charge is 0.225 e. The second kappa shape index (κ2) is 2.83. The molecule has 0 spiro atoms. The summed E-state index contributed by atoms with van der Waals surface area (Å²) in [6.45, 7) is 1.13. The highest BCUT2D eigenvalue weighted by molar-refractivity contribution is 5.40. The van der Waals surface area contributed by atoms with Crippen LogP contribution in [0.1, 0.15) is 19.3 Å². The van der Waals surface area contributed by atoms with E-state index in [0.29, 0.717) is 11.7 Å². The summed E-state index contributed by atoms with van der Waals surface area (Å²) in [4.78, 5) is 10.9. The maximum atomic E-state index is 5.56. The molecule has 74 valence electrons. The molecule has 1 aromatic heterocycles. The van der Waals surface area contributed by atoms with Gasteiger partial charge in [0.25, 0.3) is 0 Å². The molecule has 0 radical (unpaired) electrons. The minimum atomic E-state index is 0.637. The van der Waals surface area contributed by atoms with Crippen LogP contribution in [0.4, 0.5) is 11.6 Å². The number of aromatic nitrogens is 2. The van der Waals surface area contributed by atoms with E-state index in [4.69, 9.17) is 5.73 Å². The van der Waals surface area contributed by atoms with Gasteiger partial charge in [0.15, 0.2) is 0 Å². The van der Waals surface area contributed by atoms with Crippen molar-refractivity contribution in [3.05, 3.63) is 12.4 Å². The van der Waals surface area contributed by atoms with Crippen molar-refractivity contribution in [2.45, 2.75) is 25.3 Å². The molecule has 0 amide bonds. The summed E-state index contributed by atoms with van der Waals surface area (Å²) >= 11 is 0. The quantitative estimate of drug-likeness (QED) is 0.719. The van der Waals surface area contributed by atoms with Gasteiger partial charge in [0.1, 0.15) is 0 Å². The van der Waals surface area contributed by atoms with E-state index in [9.17, 15) is 0 Å². The first kappa shape index (κ1) is 8.03. The Morgan fingerprint density at radius 1 is 1.29 bits per heavy atom. The van der Waals surface area contributed by atoms with Crippen LogP contribution in [-0.2, 0) is 0 Å². The van der Waals surface area contributed by atoms with Crippen LogP contribution in [0.25, 0.3) is 0 Å². The molecule has 2 N–H and O–H groups in total. The minimum absolute atomic E-state index is 0.637. The van der Waals surface area contributed by atoms with E-state index in [1.54, 1.807) is 12.4 Å². The summed E-state index contributed by atoms with van der Waals surface area (Å²) < 4.78 is 0. The van der Waals surface area contributed by atoms with Crippen molar-refractivity contribution >= 4 is 11.6 Å². The summed E-state index contributed by atoms with van der Waals surface area (Å²) in [6, 6.07) is 0.684. The zero-order valence-electron chi connectivity index (χ0n) is 8.06. The average Bonchev–Trinajstić information content (AvgIpc) is 2.80. The first-order valence-electron chi connectivity index (χ1n) is 5.17. The van der Waals surface area contributed by atoms with E-state index in [-0.39, 0.29) is 0 Å². The van der Waals surface area contributed by atoms with Gasteiger partial charge in [0, 0.05) is 12.6 Å². The molecule has 1 aliphatic heterocycles. The lowest BCUT2D eigenvalue weighted by Gasteiger charge is -2.26. The van der Waals surface area contributed by atoms with Gasteiger partial charge < -0.3 is 10.6 Å². The fraction of sp³-hybridized carbons (Fsp3) is 0.600. The van der Waals surface area contributed by atoms with Crippen LogP contribution in [-0.4, -0.2) is 22.6 Å². The summed E-state index contributed by atoms with van der Waals surface area (Å²) in [5.74, 6) is 1.73. The summed E-state index contributed by atoms with van der Waals surface area (Å²) in [7, 11) is 0. The second-order valence-corrected chi connectivity index (χ2v) is 4.30. The van der Waals surface area contributed by atoms with Gasteiger partial charge in [-0.3, -0.25) is 0 Å². The van der Waals surface area contributed by atoms with Crippen LogP contribution in [0.2, 0.25) is 0 Å². The monoisotopic (exact) mass is 190 g/mol. The van der Waals surface area contributed by atoms with Crippen LogP contribution < -0.4 is 10.6 Å². The topological polar surface area (TPSA) is 55.0 Å². The lowest BCUT2D eigenvalue weighted by atomic mass is 10.1. The van der Waals surface area contributed by atoms with Crippen molar-refractivity contribution < 1.29 is 0 Å². The van der Waals surface area contributed by atoms with Crippen molar-refractivity contribution in [2.24, 2.45) is 5.92 Å². The normalized spacial score (nSPS) is 29.9. The molecule has 0 aromatic carbocycles. The Morgan fingerprint density at radius 2 is 2.07 bits per heavy atom. The van der Waals surface area contributed by atoms with Crippen molar-refractivity contribution in [2.75, 3.05) is 17.2 Å². The number of nitrogens with zero attached hydrogens (tertiary/aromatic N) is 3. The van der Waals surface area contributed by atoms with Gasteiger partial charge in [0.2, 0.25) is 5.95 Å². The Morgan fingerprint density at radius 3 is 2.64 bits per heavy atom. The average molecular weight is 190 g/mol. The molecule has 2 heterocycles. The molecule has 2 fully saturated rings. The Balaban J connectivity index is 1.86. The fourth-order valence-corrected chi connectivity index (χ4v) is 2.65. The molecule has 2 atom stereocenters. The number of nitrogen functional groups attached to an aromatic ring is 1. The standard InChI is InChI=1S/C10H14N4/c11-8-4-12-10(13-5-8)14-6-7-1-2-9(14)3-7/h4-5,7,9H,1-3,6,11H2/t7-,9+/m0/s1. The van der Waals surface area contributed by atoms with Crippen LogP contribution >= 0.6 is 0 Å². The number of anilines is 2. The number of piperidine rings is 1. The van der Waals surface area contributed by atoms with E-state index in [2.05, 4.69) is 14.9 Å². The Hall–Kier alpha value is -1.32. The lowest BCUT2D eigenvalue weighted by Crippen LogP contribution is -2.33. The number of hydrogen-bond acceptors (Lipinski definition) is 4. The molecular formula is C10H14N4. The third-order valence-electron chi connectivity index (χ3n) is 3.32. The highest BCUT2D eigenvalue weighted by Gasteiger charge is 2.38. The number of hydrogen-bond donors (Lipinski definition) is 1. The van der Waals surface area contributed by atoms with Crippen LogP contribution in [0.3, 0.4) is 0 Å². The molecule has 14 heavy (non-hydrogen) atoms. The fourth-order valence-electron chi connectivity index (χ4n) is 2.65. The van der Waals surface area contributed by atoms with Crippen molar-refractivity contribution in [3.8, 4) is 0 Å². The van der Waals surface area contributed by atoms with E-state index < -0.39 is 0 Å². The van der Waals surface area contributed by atoms with Gasteiger partial charge in [-0.25, -0.2) is 9.97 Å². The van der Waals surface area contributed by atoms with Gasteiger partial charge in [-0.1, -0.05) is 0 Å². The van der Waals surface area contributed by atoms with Gasteiger partial charge in [0.05, 0.1) is 18.1 Å². The summed E-state index contributed by atoms with van der Waals surface area (Å²) in [5, 5.41) is 0. The molecule has 1 saturated carbocycles. The van der Waals surface area contributed by atoms with Gasteiger partial charge in [-0.15, -0.1) is 0 Å². The molecule has 4 heteroatoms. The van der Waals surface area contributed by atoms with Crippen molar-refractivity contribution in [3.63, 3.8) is 0 Å². The summed E-state index contributed by atoms with van der Waals surface area (Å²) in [6.07, 6.45) is 7.39. The number of fused-ring (bicyclic) bond motifs is 2. The maximum absolute atomic E-state index is 5.56. The number of nitrogens with two attached hydrogens (primary N) is 1. The molecule has 0 unspecified atom stereocenters. The zero-order chi connectivity index (χ0) is 9.54. The molecule has 1 aromatic rings. The Bertz CT molecular complexity index is 334. The molecule has 2 aliphatic rings. The molecular weight excluding hydrogens is 176 g/mol. The van der Waals surface area contributed by atoms with Gasteiger partial charge in [-0.2, -0.15) is 0 Å². The van der Waals surface area contributed by atoms with Crippen LogP contribution in [0.5, 0.6) is 0 Å². The van der Waals surface area contributed by atoms with Crippen LogP contribution in [0.15, 0.2) is 12.4 Å². The maximum Gasteiger partial charge on any atom is 0.225 e. The molecule has 1 aliphatic carbocycles. The predicted octanol–water partition coefficient (Wildman–Crippen LogP) is 1.05. The second-order valence-electron chi connectivity index (χ2n) is 4.30. The lowest BCUT2D eigenvalue weighted by molar-refractivity contribution is 0.546. The largest absolute Gasteiger partial charge is 0.396 e. The van der Waals surface area contributed by atoms with Gasteiger partial charge in [-0.05, 0) is 25.2 Å². The van der Waals surface area contributed by atoms with E-state index in [1.807, 2.05) is 0 Å².